The van der Waals surface area contributed by atoms with Gasteiger partial charge < -0.3 is 9.15 Å². The quantitative estimate of drug-likeness (QED) is 0.656. The molecule has 0 fully saturated rings. The maximum absolute atomic E-state index is 12.0. The van der Waals surface area contributed by atoms with Crippen molar-refractivity contribution in [3.63, 3.8) is 0 Å². The average Bonchev–Trinajstić information content (AvgIpc) is 3.12. The first-order chi connectivity index (χ1) is 10.9. The van der Waals surface area contributed by atoms with Crippen LogP contribution in [0.2, 0.25) is 0 Å². The average molecular weight is 336 g/mol. The molecule has 0 bridgehead atoms. The molecule has 0 radical (unpaired) electrons. The summed E-state index contributed by atoms with van der Waals surface area (Å²) in [5, 5.41) is 1.75. The van der Waals surface area contributed by atoms with E-state index in [0.717, 1.165) is 0 Å². The molecule has 122 valence electrons. The van der Waals surface area contributed by atoms with Crippen molar-refractivity contribution in [2.45, 2.75) is 20.8 Å². The minimum atomic E-state index is -0.642. The van der Waals surface area contributed by atoms with Crippen LogP contribution in [0.15, 0.2) is 21.9 Å². The van der Waals surface area contributed by atoms with Gasteiger partial charge in [-0.05, 0) is 32.2 Å². The first-order valence-electron chi connectivity index (χ1n) is 6.76. The van der Waals surface area contributed by atoms with Crippen LogP contribution in [0.5, 0.6) is 0 Å². The van der Waals surface area contributed by atoms with E-state index < -0.39 is 24.4 Å². The molecule has 23 heavy (non-hydrogen) atoms. The first-order valence-corrected chi connectivity index (χ1v) is 7.64. The molecule has 2 aromatic rings. The van der Waals surface area contributed by atoms with Crippen molar-refractivity contribution >= 4 is 29.1 Å². The van der Waals surface area contributed by atoms with Crippen LogP contribution < -0.4 is 10.9 Å². The fraction of sp³-hybridized carbons (Fsp3) is 0.267. The van der Waals surface area contributed by atoms with Gasteiger partial charge in [-0.2, -0.15) is 0 Å². The van der Waals surface area contributed by atoms with E-state index in [0.29, 0.717) is 27.5 Å². The summed E-state index contributed by atoms with van der Waals surface area (Å²) in [4.78, 5) is 35.7. The van der Waals surface area contributed by atoms with E-state index in [4.69, 9.17) is 9.15 Å². The van der Waals surface area contributed by atoms with Crippen LogP contribution in [-0.4, -0.2) is 24.4 Å². The molecular formula is C15H16N2O5S. The lowest BCUT2D eigenvalue weighted by atomic mass is 10.1. The van der Waals surface area contributed by atoms with E-state index in [9.17, 15) is 14.4 Å². The molecule has 2 amide bonds. The van der Waals surface area contributed by atoms with E-state index in [1.165, 1.54) is 11.3 Å². The molecule has 0 unspecified atom stereocenters. The van der Waals surface area contributed by atoms with Crippen LogP contribution in [0.25, 0.3) is 0 Å². The van der Waals surface area contributed by atoms with E-state index >= 15 is 0 Å². The highest BCUT2D eigenvalue weighted by Gasteiger charge is 2.20. The summed E-state index contributed by atoms with van der Waals surface area (Å²) in [6, 6.07) is 3.35. The number of hydrogen-bond donors (Lipinski definition) is 2. The van der Waals surface area contributed by atoms with Gasteiger partial charge in [0.05, 0.1) is 4.88 Å². The number of carbonyl (C=O) groups excluding carboxylic acids is 3. The number of aryl methyl sites for hydroxylation is 2. The summed E-state index contributed by atoms with van der Waals surface area (Å²) in [5.41, 5.74) is 5.41. The molecule has 2 N–H and O–H groups in total. The van der Waals surface area contributed by atoms with E-state index in [2.05, 4.69) is 10.9 Å². The lowest BCUT2D eigenvalue weighted by Crippen LogP contribution is -2.43. The van der Waals surface area contributed by atoms with Gasteiger partial charge in [-0.25, -0.2) is 4.79 Å². The maximum atomic E-state index is 12.0. The summed E-state index contributed by atoms with van der Waals surface area (Å²) in [6.45, 7) is 4.63. The zero-order valence-electron chi connectivity index (χ0n) is 12.9. The first kappa shape index (κ1) is 16.8. The van der Waals surface area contributed by atoms with Gasteiger partial charge in [0.1, 0.15) is 17.1 Å². The summed E-state index contributed by atoms with van der Waals surface area (Å²) in [7, 11) is 0. The number of hydrazine groups is 1. The number of esters is 1. The number of furan rings is 1. The van der Waals surface area contributed by atoms with Gasteiger partial charge in [-0.15, -0.1) is 11.3 Å². The van der Waals surface area contributed by atoms with Gasteiger partial charge in [0.25, 0.3) is 11.8 Å². The van der Waals surface area contributed by atoms with Crippen LogP contribution in [-0.2, 0) is 9.53 Å². The van der Waals surface area contributed by atoms with E-state index in [1.807, 2.05) is 0 Å². The molecule has 0 aromatic carbocycles. The number of nitrogens with one attached hydrogen (secondary N) is 2. The Morgan fingerprint density at radius 2 is 1.91 bits per heavy atom. The minimum absolute atomic E-state index is 0.318. The van der Waals surface area contributed by atoms with Crippen molar-refractivity contribution in [2.24, 2.45) is 0 Å². The summed E-state index contributed by atoms with van der Waals surface area (Å²) in [6.07, 6.45) is 0. The lowest BCUT2D eigenvalue weighted by molar-refractivity contribution is -0.125. The molecule has 0 atom stereocenters. The highest BCUT2D eigenvalue weighted by atomic mass is 32.1. The molecule has 0 saturated heterocycles. The maximum Gasteiger partial charge on any atom is 0.342 e. The molecule has 0 saturated carbocycles. The minimum Gasteiger partial charge on any atom is -0.465 e. The predicted molar refractivity (Wildman–Crippen MR) is 83.1 cm³/mol. The van der Waals surface area contributed by atoms with Crippen LogP contribution in [0.1, 0.15) is 37.1 Å². The van der Waals surface area contributed by atoms with E-state index in [-0.39, 0.29) is 0 Å². The fourth-order valence-electron chi connectivity index (χ4n) is 1.93. The predicted octanol–water partition coefficient (Wildman–Crippen LogP) is 1.88. The van der Waals surface area contributed by atoms with Crippen LogP contribution >= 0.6 is 11.3 Å². The van der Waals surface area contributed by atoms with Gasteiger partial charge in [0.2, 0.25) is 0 Å². The Kier molecular flexibility index (Phi) is 5.17. The Balaban J connectivity index is 1.82. The zero-order chi connectivity index (χ0) is 17.0. The second kappa shape index (κ2) is 7.10. The third kappa shape index (κ3) is 3.98. The second-order valence-electron chi connectivity index (χ2n) is 4.77. The third-order valence-corrected chi connectivity index (χ3v) is 4.03. The van der Waals surface area contributed by atoms with Gasteiger partial charge >= 0.3 is 5.97 Å². The Morgan fingerprint density at radius 1 is 1.17 bits per heavy atom. The van der Waals surface area contributed by atoms with Crippen LogP contribution in [0.4, 0.5) is 0 Å². The molecule has 2 aromatic heterocycles. The monoisotopic (exact) mass is 336 g/mol. The van der Waals surface area contributed by atoms with Crippen molar-refractivity contribution < 1.29 is 23.5 Å². The van der Waals surface area contributed by atoms with Crippen molar-refractivity contribution in [1.29, 1.82) is 0 Å². The number of ether oxygens (including phenoxy) is 1. The molecule has 0 spiro atoms. The number of carbonyl (C=O) groups is 3. The van der Waals surface area contributed by atoms with Crippen molar-refractivity contribution in [2.75, 3.05) is 6.61 Å². The molecule has 2 heterocycles. The summed E-state index contributed by atoms with van der Waals surface area (Å²) >= 11 is 1.24. The molecular weight excluding hydrogens is 320 g/mol. The highest BCUT2D eigenvalue weighted by Crippen LogP contribution is 2.21. The van der Waals surface area contributed by atoms with Crippen molar-refractivity contribution in [3.8, 4) is 0 Å². The van der Waals surface area contributed by atoms with Gasteiger partial charge in [-0.1, -0.05) is 6.07 Å². The topological polar surface area (TPSA) is 97.6 Å². The Labute approximate surface area is 136 Å². The molecule has 0 aliphatic heterocycles. The number of hydrogen-bond acceptors (Lipinski definition) is 6. The summed E-state index contributed by atoms with van der Waals surface area (Å²) < 4.78 is 10.3. The van der Waals surface area contributed by atoms with E-state index in [1.54, 1.807) is 38.3 Å². The number of thiophene rings is 1. The normalized spacial score (nSPS) is 10.2. The standard InChI is InChI=1S/C15H16N2O5S/c1-8-9(2)22-10(3)13(8)15(20)21-7-12(18)16-17-14(19)11-5-4-6-23-11/h4-6H,7H2,1-3H3,(H,16,18)(H,17,19). The third-order valence-electron chi connectivity index (χ3n) is 3.16. The Bertz CT molecular complexity index is 733. The van der Waals surface area contributed by atoms with Crippen LogP contribution in [0.3, 0.4) is 0 Å². The number of amides is 2. The second-order valence-corrected chi connectivity index (χ2v) is 5.72. The smallest absolute Gasteiger partial charge is 0.342 e. The summed E-state index contributed by atoms with van der Waals surface area (Å²) in [5.74, 6) is -0.647. The van der Waals surface area contributed by atoms with Crippen LogP contribution in [0, 0.1) is 20.8 Å². The fourth-order valence-corrected chi connectivity index (χ4v) is 2.55. The SMILES string of the molecule is Cc1oc(C)c(C(=O)OCC(=O)NNC(=O)c2cccs2)c1C. The molecule has 0 aliphatic rings. The Morgan fingerprint density at radius 3 is 2.48 bits per heavy atom. The molecule has 8 heteroatoms. The molecule has 2 rings (SSSR count). The van der Waals surface area contributed by atoms with Gasteiger partial charge in [0, 0.05) is 5.56 Å². The van der Waals surface area contributed by atoms with Crippen molar-refractivity contribution in [1.82, 2.24) is 10.9 Å². The molecule has 0 aliphatic carbocycles. The highest BCUT2D eigenvalue weighted by molar-refractivity contribution is 7.12. The van der Waals surface area contributed by atoms with Gasteiger partial charge in [-0.3, -0.25) is 20.4 Å². The zero-order valence-corrected chi connectivity index (χ0v) is 13.7. The van der Waals surface area contributed by atoms with Crippen molar-refractivity contribution in [3.05, 3.63) is 45.0 Å². The largest absolute Gasteiger partial charge is 0.465 e. The lowest BCUT2D eigenvalue weighted by Gasteiger charge is -2.07. The van der Waals surface area contributed by atoms with Gasteiger partial charge in [0.15, 0.2) is 6.61 Å². The molecule has 7 nitrogen and oxygen atoms in total. The number of rotatable bonds is 4. The Hall–Kier alpha value is -2.61.